The van der Waals surface area contributed by atoms with Gasteiger partial charge in [0.05, 0.1) is 0 Å². The second kappa shape index (κ2) is 3.45. The number of fused-ring (bicyclic) bond motifs is 2. The summed E-state index contributed by atoms with van der Waals surface area (Å²) in [5.74, 6) is 1.69. The van der Waals surface area contributed by atoms with Gasteiger partial charge in [-0.25, -0.2) is 0 Å². The van der Waals surface area contributed by atoms with Crippen LogP contribution in [0.15, 0.2) is 12.2 Å². The third-order valence-electron chi connectivity index (χ3n) is 5.88. The number of allylic oxidation sites excluding steroid dienone is 1. The van der Waals surface area contributed by atoms with E-state index in [-0.39, 0.29) is 5.78 Å². The molecule has 0 saturated heterocycles. The Balaban J connectivity index is 2.16. The average molecular weight is 220 g/mol. The topological polar surface area (TPSA) is 17.1 Å². The number of carbonyl (C=O) groups excluding carboxylic acids is 1. The van der Waals surface area contributed by atoms with Crippen molar-refractivity contribution in [1.82, 2.24) is 0 Å². The van der Waals surface area contributed by atoms with Crippen molar-refractivity contribution in [2.75, 3.05) is 0 Å². The molecule has 0 aliphatic heterocycles. The van der Waals surface area contributed by atoms with Crippen molar-refractivity contribution in [2.45, 2.75) is 53.4 Å². The number of hydrogen-bond donors (Lipinski definition) is 0. The first-order chi connectivity index (χ1) is 7.29. The molecule has 0 aromatic rings. The van der Waals surface area contributed by atoms with Gasteiger partial charge in [-0.1, -0.05) is 27.4 Å². The Labute approximate surface area is 99.3 Å². The van der Waals surface area contributed by atoms with Gasteiger partial charge in [0.2, 0.25) is 0 Å². The maximum absolute atomic E-state index is 11.8. The summed E-state index contributed by atoms with van der Waals surface area (Å²) < 4.78 is 0. The third kappa shape index (κ3) is 1.40. The van der Waals surface area contributed by atoms with Gasteiger partial charge in [0.1, 0.15) is 0 Å². The molecule has 0 heterocycles. The quantitative estimate of drug-likeness (QED) is 0.657. The van der Waals surface area contributed by atoms with E-state index in [0.717, 1.165) is 17.9 Å². The fourth-order valence-electron chi connectivity index (χ4n) is 4.08. The summed E-state index contributed by atoms with van der Waals surface area (Å²) in [6.45, 7) is 12.8. The van der Waals surface area contributed by atoms with E-state index in [1.54, 1.807) is 0 Å². The Hall–Kier alpha value is -0.590. The first kappa shape index (κ1) is 11.9. The predicted octanol–water partition coefficient (Wildman–Crippen LogP) is 3.98. The molecule has 2 aliphatic carbocycles. The zero-order chi connectivity index (χ0) is 12.1. The standard InChI is InChI=1S/C15H24O/c1-10(2)13(16)9-12-8-11-6-7-15(12,5)14(11,3)4/h11-12H,1,6-9H2,2-5H3/t11-,12-,15+/m1/s1. The molecule has 90 valence electrons. The lowest BCUT2D eigenvalue weighted by Gasteiger charge is -2.39. The molecule has 2 aliphatic rings. The van der Waals surface area contributed by atoms with Gasteiger partial charge in [0.15, 0.2) is 5.78 Å². The van der Waals surface area contributed by atoms with Crippen LogP contribution >= 0.6 is 0 Å². The lowest BCUT2D eigenvalue weighted by molar-refractivity contribution is -0.117. The fraction of sp³-hybridized carbons (Fsp3) is 0.800. The lowest BCUT2D eigenvalue weighted by Crippen LogP contribution is -2.33. The SMILES string of the molecule is C=C(C)C(=O)C[C@H]1C[C@H]2CC[C@]1(C)C2(C)C. The highest BCUT2D eigenvalue weighted by Crippen LogP contribution is 2.68. The van der Waals surface area contributed by atoms with E-state index in [2.05, 4.69) is 27.4 Å². The van der Waals surface area contributed by atoms with E-state index >= 15 is 0 Å². The number of rotatable bonds is 3. The summed E-state index contributed by atoms with van der Waals surface area (Å²) >= 11 is 0. The van der Waals surface area contributed by atoms with E-state index in [1.165, 1.54) is 19.3 Å². The Morgan fingerprint density at radius 2 is 2.00 bits per heavy atom. The summed E-state index contributed by atoms with van der Waals surface area (Å²) in [5.41, 5.74) is 1.53. The fourth-order valence-corrected chi connectivity index (χ4v) is 4.08. The van der Waals surface area contributed by atoms with Gasteiger partial charge in [0.25, 0.3) is 0 Å². The van der Waals surface area contributed by atoms with E-state index in [4.69, 9.17) is 0 Å². The van der Waals surface area contributed by atoms with Gasteiger partial charge in [-0.3, -0.25) is 4.79 Å². The summed E-state index contributed by atoms with van der Waals surface area (Å²) in [6.07, 6.45) is 4.65. The zero-order valence-electron chi connectivity index (χ0n) is 11.1. The van der Waals surface area contributed by atoms with Crippen LogP contribution in [0.4, 0.5) is 0 Å². The van der Waals surface area contributed by atoms with Crippen LogP contribution in [0.1, 0.15) is 53.4 Å². The Morgan fingerprint density at radius 3 is 2.38 bits per heavy atom. The third-order valence-corrected chi connectivity index (χ3v) is 5.88. The monoisotopic (exact) mass is 220 g/mol. The van der Waals surface area contributed by atoms with Gasteiger partial charge >= 0.3 is 0 Å². The first-order valence-electron chi connectivity index (χ1n) is 6.48. The second-order valence-corrected chi connectivity index (χ2v) is 6.72. The zero-order valence-corrected chi connectivity index (χ0v) is 11.1. The van der Waals surface area contributed by atoms with Crippen LogP contribution in [-0.4, -0.2) is 5.78 Å². The minimum Gasteiger partial charge on any atom is -0.295 e. The smallest absolute Gasteiger partial charge is 0.158 e. The van der Waals surface area contributed by atoms with Gasteiger partial charge < -0.3 is 0 Å². The van der Waals surface area contributed by atoms with Crippen LogP contribution in [-0.2, 0) is 4.79 Å². The molecule has 2 rings (SSSR count). The van der Waals surface area contributed by atoms with Crippen LogP contribution in [0.3, 0.4) is 0 Å². The van der Waals surface area contributed by atoms with Crippen LogP contribution in [0.2, 0.25) is 0 Å². The highest BCUT2D eigenvalue weighted by Gasteiger charge is 2.61. The van der Waals surface area contributed by atoms with E-state index in [1.807, 2.05) is 6.92 Å². The highest BCUT2D eigenvalue weighted by atomic mass is 16.1. The predicted molar refractivity (Wildman–Crippen MR) is 67.2 cm³/mol. The maximum atomic E-state index is 11.8. The van der Waals surface area contributed by atoms with Gasteiger partial charge in [-0.15, -0.1) is 0 Å². The molecule has 2 fully saturated rings. The molecule has 16 heavy (non-hydrogen) atoms. The van der Waals surface area contributed by atoms with Crippen LogP contribution in [0, 0.1) is 22.7 Å². The number of ketones is 1. The van der Waals surface area contributed by atoms with Crippen LogP contribution in [0.25, 0.3) is 0 Å². The molecule has 0 radical (unpaired) electrons. The molecule has 0 spiro atoms. The maximum Gasteiger partial charge on any atom is 0.158 e. The molecule has 0 aromatic heterocycles. The van der Waals surface area contributed by atoms with Crippen molar-refractivity contribution < 1.29 is 4.79 Å². The molecule has 1 heteroatoms. The second-order valence-electron chi connectivity index (χ2n) is 6.72. The molecular formula is C15H24O. The molecule has 3 atom stereocenters. The minimum atomic E-state index is 0.273. The van der Waals surface area contributed by atoms with Crippen molar-refractivity contribution in [3.8, 4) is 0 Å². The van der Waals surface area contributed by atoms with Gasteiger partial charge in [0, 0.05) is 6.42 Å². The first-order valence-corrected chi connectivity index (χ1v) is 6.48. The molecule has 0 amide bonds. The molecule has 0 N–H and O–H groups in total. The van der Waals surface area contributed by atoms with Crippen molar-refractivity contribution in [3.63, 3.8) is 0 Å². The van der Waals surface area contributed by atoms with Crippen molar-refractivity contribution in [2.24, 2.45) is 22.7 Å². The normalized spacial score (nSPS) is 40.0. The van der Waals surface area contributed by atoms with Crippen LogP contribution in [0.5, 0.6) is 0 Å². The van der Waals surface area contributed by atoms with E-state index in [0.29, 0.717) is 16.7 Å². The number of Topliss-reactive ketones (excluding diaryl/α,β-unsaturated/α-hetero) is 1. The van der Waals surface area contributed by atoms with Crippen molar-refractivity contribution in [3.05, 3.63) is 12.2 Å². The molecule has 0 unspecified atom stereocenters. The van der Waals surface area contributed by atoms with Gasteiger partial charge in [-0.05, 0) is 54.4 Å². The molecule has 0 aromatic carbocycles. The van der Waals surface area contributed by atoms with E-state index in [9.17, 15) is 4.79 Å². The summed E-state index contributed by atoms with van der Waals surface area (Å²) in [6, 6.07) is 0. The average Bonchev–Trinajstić information content (AvgIpc) is 2.50. The summed E-state index contributed by atoms with van der Waals surface area (Å²) in [4.78, 5) is 11.8. The molecular weight excluding hydrogens is 196 g/mol. The van der Waals surface area contributed by atoms with Crippen molar-refractivity contribution in [1.29, 1.82) is 0 Å². The van der Waals surface area contributed by atoms with Crippen molar-refractivity contribution >= 4 is 5.78 Å². The Kier molecular flexibility index (Phi) is 2.56. The number of hydrogen-bond acceptors (Lipinski definition) is 1. The Morgan fingerprint density at radius 1 is 1.38 bits per heavy atom. The van der Waals surface area contributed by atoms with Gasteiger partial charge in [-0.2, -0.15) is 0 Å². The highest BCUT2D eigenvalue weighted by molar-refractivity contribution is 5.94. The van der Waals surface area contributed by atoms with E-state index < -0.39 is 0 Å². The van der Waals surface area contributed by atoms with Crippen LogP contribution < -0.4 is 0 Å². The molecule has 2 saturated carbocycles. The Bertz CT molecular complexity index is 339. The summed E-state index contributed by atoms with van der Waals surface area (Å²) in [5, 5.41) is 0. The largest absolute Gasteiger partial charge is 0.295 e. The lowest BCUT2D eigenvalue weighted by atomic mass is 9.65. The minimum absolute atomic E-state index is 0.273. The summed E-state index contributed by atoms with van der Waals surface area (Å²) in [7, 11) is 0. The molecule has 2 bridgehead atoms. The number of carbonyl (C=O) groups is 1. The molecule has 1 nitrogen and oxygen atoms in total.